The lowest BCUT2D eigenvalue weighted by molar-refractivity contribution is 0.436. The van der Waals surface area contributed by atoms with Gasteiger partial charge in [0.25, 0.3) is 0 Å². The van der Waals surface area contributed by atoms with Crippen LogP contribution in [0.15, 0.2) is 22.6 Å². The molecule has 0 amide bonds. The zero-order chi connectivity index (χ0) is 14.1. The first-order valence-corrected chi connectivity index (χ1v) is 7.39. The van der Waals surface area contributed by atoms with E-state index in [1.807, 2.05) is 13.0 Å². The molecule has 2 nitrogen and oxygen atoms in total. The molecule has 1 aromatic heterocycles. The van der Waals surface area contributed by atoms with Gasteiger partial charge in [0.2, 0.25) is 0 Å². The van der Waals surface area contributed by atoms with Gasteiger partial charge in [-0.1, -0.05) is 31.4 Å². The molecular formula is C17H20FNO. The summed E-state index contributed by atoms with van der Waals surface area (Å²) in [4.78, 5) is 4.57. The van der Waals surface area contributed by atoms with Crippen LogP contribution in [0.5, 0.6) is 0 Å². The Bertz CT molecular complexity index is 611. The Morgan fingerprint density at radius 2 is 1.90 bits per heavy atom. The number of hydrogen-bond acceptors (Lipinski definition) is 2. The van der Waals surface area contributed by atoms with Crippen molar-refractivity contribution < 1.29 is 8.81 Å². The number of rotatable bonds is 2. The Balaban J connectivity index is 2.01. The molecule has 0 radical (unpaired) electrons. The van der Waals surface area contributed by atoms with Gasteiger partial charge in [0, 0.05) is 18.4 Å². The summed E-state index contributed by atoms with van der Waals surface area (Å²) in [6.07, 6.45) is 6.12. The molecule has 1 aliphatic carbocycles. The summed E-state index contributed by atoms with van der Waals surface area (Å²) in [5.41, 5.74) is 2.48. The average Bonchev–Trinajstić information content (AvgIpc) is 2.85. The molecule has 0 spiro atoms. The Morgan fingerprint density at radius 1 is 1.15 bits per heavy atom. The van der Waals surface area contributed by atoms with Crippen molar-refractivity contribution in [2.45, 2.75) is 51.9 Å². The van der Waals surface area contributed by atoms with Crippen LogP contribution in [0, 0.1) is 19.7 Å². The Hall–Kier alpha value is -1.64. The fourth-order valence-electron chi connectivity index (χ4n) is 3.04. The van der Waals surface area contributed by atoms with Crippen LogP contribution in [-0.4, -0.2) is 4.98 Å². The maximum absolute atomic E-state index is 13.8. The van der Waals surface area contributed by atoms with Crippen LogP contribution in [0.1, 0.15) is 55.2 Å². The van der Waals surface area contributed by atoms with Gasteiger partial charge in [0.05, 0.1) is 5.69 Å². The number of benzene rings is 1. The van der Waals surface area contributed by atoms with Gasteiger partial charge in [-0.05, 0) is 31.4 Å². The van der Waals surface area contributed by atoms with Crippen molar-refractivity contribution in [2.75, 3.05) is 0 Å². The van der Waals surface area contributed by atoms with Gasteiger partial charge < -0.3 is 4.42 Å². The van der Waals surface area contributed by atoms with Crippen LogP contribution in [0.4, 0.5) is 4.39 Å². The van der Waals surface area contributed by atoms with E-state index < -0.39 is 0 Å². The predicted octanol–water partition coefficient (Wildman–Crippen LogP) is 5.15. The lowest BCUT2D eigenvalue weighted by atomic mass is 9.85. The lowest BCUT2D eigenvalue weighted by Gasteiger charge is -2.20. The molecule has 2 aromatic rings. The van der Waals surface area contributed by atoms with Gasteiger partial charge in [0.15, 0.2) is 11.7 Å². The smallest absolute Gasteiger partial charge is 0.192 e. The number of hydrogen-bond donors (Lipinski definition) is 0. The van der Waals surface area contributed by atoms with Crippen LogP contribution in [0.2, 0.25) is 0 Å². The van der Waals surface area contributed by atoms with Gasteiger partial charge in [0.1, 0.15) is 5.82 Å². The molecule has 1 fully saturated rings. The predicted molar refractivity (Wildman–Crippen MR) is 77.2 cm³/mol. The summed E-state index contributed by atoms with van der Waals surface area (Å²) in [6.45, 7) is 3.63. The fraction of sp³-hybridized carbons (Fsp3) is 0.471. The second kappa shape index (κ2) is 5.39. The molecule has 1 aromatic carbocycles. The molecule has 0 aliphatic heterocycles. The molecular weight excluding hydrogens is 253 g/mol. The topological polar surface area (TPSA) is 26.0 Å². The van der Waals surface area contributed by atoms with E-state index in [0.29, 0.717) is 17.4 Å². The Labute approximate surface area is 119 Å². The molecule has 106 valence electrons. The number of aromatic nitrogens is 1. The zero-order valence-corrected chi connectivity index (χ0v) is 12.1. The minimum absolute atomic E-state index is 0.189. The highest BCUT2D eigenvalue weighted by Crippen LogP contribution is 2.38. The molecule has 1 aliphatic rings. The van der Waals surface area contributed by atoms with Crippen LogP contribution < -0.4 is 0 Å². The molecule has 0 atom stereocenters. The summed E-state index contributed by atoms with van der Waals surface area (Å²) >= 11 is 0. The summed E-state index contributed by atoms with van der Waals surface area (Å²) in [5, 5.41) is 0. The number of oxazole rings is 1. The molecule has 0 N–H and O–H groups in total. The third kappa shape index (κ3) is 2.49. The fourth-order valence-corrected chi connectivity index (χ4v) is 3.04. The number of nitrogens with zero attached hydrogens (tertiary/aromatic N) is 1. The molecule has 0 saturated heterocycles. The second-order valence-corrected chi connectivity index (χ2v) is 5.75. The van der Waals surface area contributed by atoms with E-state index >= 15 is 0 Å². The SMILES string of the molecule is Cc1nc(C2CCCCC2)c(-c2ccc(C)c(F)c2)o1. The first kappa shape index (κ1) is 13.3. The molecule has 1 heterocycles. The van der Waals surface area contributed by atoms with Crippen LogP contribution in [0.3, 0.4) is 0 Å². The van der Waals surface area contributed by atoms with Crippen molar-refractivity contribution in [3.63, 3.8) is 0 Å². The Morgan fingerprint density at radius 3 is 2.60 bits per heavy atom. The second-order valence-electron chi connectivity index (χ2n) is 5.75. The third-order valence-electron chi connectivity index (χ3n) is 4.19. The highest BCUT2D eigenvalue weighted by atomic mass is 19.1. The molecule has 20 heavy (non-hydrogen) atoms. The van der Waals surface area contributed by atoms with Crippen LogP contribution in [0.25, 0.3) is 11.3 Å². The van der Waals surface area contributed by atoms with Crippen LogP contribution >= 0.6 is 0 Å². The number of halogens is 1. The zero-order valence-electron chi connectivity index (χ0n) is 12.1. The van der Waals surface area contributed by atoms with E-state index in [2.05, 4.69) is 4.98 Å². The molecule has 1 saturated carbocycles. The highest BCUT2D eigenvalue weighted by Gasteiger charge is 2.24. The highest BCUT2D eigenvalue weighted by molar-refractivity contribution is 5.61. The lowest BCUT2D eigenvalue weighted by Crippen LogP contribution is -2.06. The van der Waals surface area contributed by atoms with Crippen molar-refractivity contribution in [3.8, 4) is 11.3 Å². The number of aryl methyl sites for hydroxylation is 2. The normalized spacial score (nSPS) is 16.6. The summed E-state index contributed by atoms with van der Waals surface area (Å²) < 4.78 is 19.6. The summed E-state index contributed by atoms with van der Waals surface area (Å²) in [5.74, 6) is 1.70. The molecule has 0 unspecified atom stereocenters. The van der Waals surface area contributed by atoms with Crippen molar-refractivity contribution in [2.24, 2.45) is 0 Å². The summed E-state index contributed by atoms with van der Waals surface area (Å²) in [6, 6.07) is 5.28. The van der Waals surface area contributed by atoms with E-state index in [9.17, 15) is 4.39 Å². The first-order chi connectivity index (χ1) is 9.65. The Kier molecular flexibility index (Phi) is 3.60. The largest absolute Gasteiger partial charge is 0.441 e. The maximum atomic E-state index is 13.8. The van der Waals surface area contributed by atoms with Crippen molar-refractivity contribution in [3.05, 3.63) is 41.2 Å². The molecule has 0 bridgehead atoms. The van der Waals surface area contributed by atoms with Gasteiger partial charge in [-0.15, -0.1) is 0 Å². The van der Waals surface area contributed by atoms with E-state index in [0.717, 1.165) is 29.9 Å². The van der Waals surface area contributed by atoms with Crippen molar-refractivity contribution in [1.82, 2.24) is 4.98 Å². The van der Waals surface area contributed by atoms with E-state index in [-0.39, 0.29) is 5.82 Å². The van der Waals surface area contributed by atoms with E-state index in [1.54, 1.807) is 19.1 Å². The van der Waals surface area contributed by atoms with Gasteiger partial charge in [-0.25, -0.2) is 9.37 Å². The maximum Gasteiger partial charge on any atom is 0.192 e. The quantitative estimate of drug-likeness (QED) is 0.756. The van der Waals surface area contributed by atoms with Crippen molar-refractivity contribution in [1.29, 1.82) is 0 Å². The van der Waals surface area contributed by atoms with Gasteiger partial charge >= 0.3 is 0 Å². The molecule has 3 heteroatoms. The third-order valence-corrected chi connectivity index (χ3v) is 4.19. The first-order valence-electron chi connectivity index (χ1n) is 7.39. The minimum Gasteiger partial charge on any atom is -0.441 e. The summed E-state index contributed by atoms with van der Waals surface area (Å²) in [7, 11) is 0. The van der Waals surface area contributed by atoms with Crippen LogP contribution in [-0.2, 0) is 0 Å². The minimum atomic E-state index is -0.189. The van der Waals surface area contributed by atoms with Gasteiger partial charge in [-0.3, -0.25) is 0 Å². The monoisotopic (exact) mass is 273 g/mol. The van der Waals surface area contributed by atoms with Gasteiger partial charge in [-0.2, -0.15) is 0 Å². The molecule has 3 rings (SSSR count). The average molecular weight is 273 g/mol. The van der Waals surface area contributed by atoms with Crippen molar-refractivity contribution >= 4 is 0 Å². The standard InChI is InChI=1S/C17H20FNO/c1-11-8-9-14(10-15(11)18)17-16(19-12(2)20-17)13-6-4-3-5-7-13/h8-10,13H,3-7H2,1-2H3. The van der Waals surface area contributed by atoms with E-state index in [4.69, 9.17) is 4.42 Å². The van der Waals surface area contributed by atoms with E-state index in [1.165, 1.54) is 19.3 Å².